The summed E-state index contributed by atoms with van der Waals surface area (Å²) in [5, 5.41) is 75.6. The van der Waals surface area contributed by atoms with E-state index in [0.717, 1.165) is 44.9 Å². The van der Waals surface area contributed by atoms with Crippen molar-refractivity contribution in [2.24, 2.45) is 0 Å². The molecule has 1 aliphatic rings. The molecule has 11 nitrogen and oxygen atoms in total. The molecule has 0 spiro atoms. The minimum atomic E-state index is -1.67. The van der Waals surface area contributed by atoms with E-state index in [1.807, 2.05) is 0 Å². The molecule has 1 fully saturated rings. The van der Waals surface area contributed by atoms with E-state index >= 15 is 0 Å². The Bertz CT molecular complexity index is 1050. The average Bonchev–Trinajstić information content (AvgIpc) is 3.23. The highest BCUT2D eigenvalue weighted by molar-refractivity contribution is 5.80. The van der Waals surface area contributed by atoms with Crippen LogP contribution in [-0.4, -0.2) is 110 Å². The van der Waals surface area contributed by atoms with Gasteiger partial charge in [0.05, 0.1) is 25.4 Å². The van der Waals surface area contributed by atoms with Gasteiger partial charge >= 0.3 is 0 Å². The van der Waals surface area contributed by atoms with Crippen LogP contribution >= 0.6 is 0 Å². The first-order chi connectivity index (χ1) is 28.7. The predicted molar refractivity (Wildman–Crippen MR) is 238 cm³/mol. The van der Waals surface area contributed by atoms with E-state index in [2.05, 4.69) is 55.6 Å². The molecule has 9 unspecified atom stereocenters. The number of nitrogens with one attached hydrogen (secondary N) is 1. The highest BCUT2D eigenvalue weighted by atomic mass is 16.7. The second-order valence-corrected chi connectivity index (χ2v) is 16.8. The molecule has 0 aromatic heterocycles. The highest BCUT2D eigenvalue weighted by Crippen LogP contribution is 2.23. The van der Waals surface area contributed by atoms with Crippen molar-refractivity contribution < 1.29 is 50.0 Å². The predicted octanol–water partition coefficient (Wildman–Crippen LogP) is 8.00. The number of allylic oxidation sites excluding steroid dienone is 6. The third-order valence-corrected chi connectivity index (χ3v) is 11.4. The summed E-state index contributed by atoms with van der Waals surface area (Å²) >= 11 is 0. The zero-order chi connectivity index (χ0) is 43.4. The normalized spacial score (nSPS) is 22.1. The molecule has 1 saturated heterocycles. The second-order valence-electron chi connectivity index (χ2n) is 16.8. The van der Waals surface area contributed by atoms with Gasteiger partial charge in [0, 0.05) is 0 Å². The smallest absolute Gasteiger partial charge is 0.249 e. The lowest BCUT2D eigenvalue weighted by Crippen LogP contribution is -2.60. The number of ether oxygens (including phenoxy) is 2. The zero-order valence-electron chi connectivity index (χ0n) is 37.2. The molecule has 1 aliphatic heterocycles. The van der Waals surface area contributed by atoms with Gasteiger partial charge in [0.15, 0.2) is 6.29 Å². The Labute approximate surface area is 358 Å². The molecule has 346 valence electrons. The van der Waals surface area contributed by atoms with Gasteiger partial charge in [0.25, 0.3) is 0 Å². The van der Waals surface area contributed by atoms with Gasteiger partial charge in [-0.25, -0.2) is 0 Å². The first-order valence-electron chi connectivity index (χ1n) is 23.9. The molecule has 11 heteroatoms. The van der Waals surface area contributed by atoms with Crippen molar-refractivity contribution in [2.75, 3.05) is 13.2 Å². The van der Waals surface area contributed by atoms with Gasteiger partial charge in [-0.3, -0.25) is 4.79 Å². The third kappa shape index (κ3) is 27.8. The topological polar surface area (TPSA) is 189 Å². The summed E-state index contributed by atoms with van der Waals surface area (Å²) in [5.41, 5.74) is 0. The van der Waals surface area contributed by atoms with Gasteiger partial charge in [-0.15, -0.1) is 0 Å². The van der Waals surface area contributed by atoms with Crippen LogP contribution in [0.15, 0.2) is 36.5 Å². The van der Waals surface area contributed by atoms with Gasteiger partial charge in [0.1, 0.15) is 36.6 Å². The Morgan fingerprint density at radius 2 is 1.02 bits per heavy atom. The summed E-state index contributed by atoms with van der Waals surface area (Å²) in [5.74, 6) is -0.713. The second kappa shape index (κ2) is 38.0. The Morgan fingerprint density at radius 3 is 1.51 bits per heavy atom. The molecule has 0 aromatic carbocycles. The first kappa shape index (κ1) is 55.3. The van der Waals surface area contributed by atoms with Crippen molar-refractivity contribution in [2.45, 2.75) is 249 Å². The molecule has 0 radical (unpaired) electrons. The Balaban J connectivity index is 2.49. The van der Waals surface area contributed by atoms with Crippen molar-refractivity contribution in [1.82, 2.24) is 5.32 Å². The van der Waals surface area contributed by atoms with E-state index < -0.39 is 74.2 Å². The van der Waals surface area contributed by atoms with Crippen molar-refractivity contribution >= 4 is 5.91 Å². The number of carbonyl (C=O) groups excluding carboxylic acids is 1. The minimum absolute atomic E-state index is 0.242. The molecule has 0 saturated carbocycles. The van der Waals surface area contributed by atoms with Crippen molar-refractivity contribution in [3.63, 3.8) is 0 Å². The molecule has 9 atom stereocenters. The molecule has 1 amide bonds. The molecule has 0 aromatic rings. The van der Waals surface area contributed by atoms with Crippen LogP contribution in [0.1, 0.15) is 194 Å². The van der Waals surface area contributed by atoms with Crippen LogP contribution in [0.5, 0.6) is 0 Å². The summed E-state index contributed by atoms with van der Waals surface area (Å²) < 4.78 is 11.1. The summed E-state index contributed by atoms with van der Waals surface area (Å²) in [6.07, 6.45) is 31.9. The highest BCUT2D eigenvalue weighted by Gasteiger charge is 2.44. The Hall–Kier alpha value is -1.67. The molecule has 0 aliphatic carbocycles. The lowest BCUT2D eigenvalue weighted by Gasteiger charge is -2.40. The minimum Gasteiger partial charge on any atom is -0.394 e. The molecule has 1 rings (SSSR count). The lowest BCUT2D eigenvalue weighted by molar-refractivity contribution is -0.303. The van der Waals surface area contributed by atoms with Gasteiger partial charge in [-0.1, -0.05) is 166 Å². The van der Waals surface area contributed by atoms with Gasteiger partial charge in [-0.2, -0.15) is 0 Å². The van der Waals surface area contributed by atoms with Crippen LogP contribution in [0.3, 0.4) is 0 Å². The number of aliphatic hydroxyl groups excluding tert-OH is 7. The van der Waals surface area contributed by atoms with Crippen LogP contribution in [0.4, 0.5) is 0 Å². The van der Waals surface area contributed by atoms with Crippen LogP contribution in [0, 0.1) is 0 Å². The number of hydrogen-bond donors (Lipinski definition) is 8. The third-order valence-electron chi connectivity index (χ3n) is 11.4. The van der Waals surface area contributed by atoms with Crippen molar-refractivity contribution in [3.05, 3.63) is 36.5 Å². The standard InChI is InChI=1S/C48H89NO10/c1-3-5-7-9-11-13-15-17-19-20-21-22-24-25-27-29-31-33-35-40(51)43(53)39(38-58-48-46(56)45(55)44(54)42(37-50)59-48)49-47(57)41(52)36-34-32-30-28-26-23-18-16-14-12-10-8-6-4-2/h15,17,21-22,27,29,39-46,48,50-56H,3-14,16,18-20,23-26,28,30-38H2,1-2H3,(H,49,57)/b17-15+,22-21+,29-27+. The van der Waals surface area contributed by atoms with Crippen molar-refractivity contribution in [3.8, 4) is 0 Å². The van der Waals surface area contributed by atoms with Gasteiger partial charge in [-0.05, 0) is 64.2 Å². The monoisotopic (exact) mass is 840 g/mol. The molecule has 8 N–H and O–H groups in total. The Kier molecular flexibility index (Phi) is 35.7. The summed E-state index contributed by atoms with van der Waals surface area (Å²) in [7, 11) is 0. The first-order valence-corrected chi connectivity index (χ1v) is 23.9. The van der Waals surface area contributed by atoms with E-state index in [1.54, 1.807) is 0 Å². The summed E-state index contributed by atoms with van der Waals surface area (Å²) in [6.45, 7) is 3.40. The quantitative estimate of drug-likeness (QED) is 0.0223. The van der Waals surface area contributed by atoms with E-state index in [-0.39, 0.29) is 12.8 Å². The van der Waals surface area contributed by atoms with Crippen LogP contribution in [0.25, 0.3) is 0 Å². The fourth-order valence-corrected chi connectivity index (χ4v) is 7.41. The lowest BCUT2D eigenvalue weighted by atomic mass is 9.98. The molecule has 59 heavy (non-hydrogen) atoms. The fourth-order valence-electron chi connectivity index (χ4n) is 7.41. The number of amides is 1. The van der Waals surface area contributed by atoms with Crippen LogP contribution in [-0.2, 0) is 14.3 Å². The fraction of sp³-hybridized carbons (Fsp3) is 0.854. The number of carbonyl (C=O) groups is 1. The van der Waals surface area contributed by atoms with Crippen molar-refractivity contribution in [1.29, 1.82) is 0 Å². The summed E-state index contributed by atoms with van der Waals surface area (Å²) in [4.78, 5) is 13.1. The van der Waals surface area contributed by atoms with E-state index in [1.165, 1.54) is 103 Å². The molecular weight excluding hydrogens is 751 g/mol. The largest absolute Gasteiger partial charge is 0.394 e. The Morgan fingerprint density at radius 1 is 0.576 bits per heavy atom. The van der Waals surface area contributed by atoms with E-state index in [4.69, 9.17) is 9.47 Å². The molecular formula is C48H89NO10. The van der Waals surface area contributed by atoms with E-state index in [9.17, 15) is 40.5 Å². The maximum Gasteiger partial charge on any atom is 0.249 e. The molecule has 1 heterocycles. The number of rotatable bonds is 39. The van der Waals surface area contributed by atoms with Gasteiger partial charge in [0.2, 0.25) is 5.91 Å². The van der Waals surface area contributed by atoms with Crippen LogP contribution in [0.2, 0.25) is 0 Å². The zero-order valence-corrected chi connectivity index (χ0v) is 37.2. The SMILES string of the molecule is CCCCCCC/C=C/CC/C=C/CC/C=C/CCCC(O)C(O)C(COC1OC(CO)C(O)C(O)C1O)NC(=O)C(O)CCCCCCCCCCCCCCCC. The van der Waals surface area contributed by atoms with Crippen LogP contribution < -0.4 is 5.32 Å². The average molecular weight is 840 g/mol. The van der Waals surface area contributed by atoms with E-state index in [0.29, 0.717) is 19.3 Å². The molecule has 0 bridgehead atoms. The van der Waals surface area contributed by atoms with Gasteiger partial charge < -0.3 is 50.5 Å². The number of unbranched alkanes of at least 4 members (excludes halogenated alkanes) is 21. The number of hydrogen-bond acceptors (Lipinski definition) is 10. The summed E-state index contributed by atoms with van der Waals surface area (Å²) in [6, 6.07) is -1.19. The number of aliphatic hydroxyl groups is 7. The maximum absolute atomic E-state index is 13.1. The maximum atomic E-state index is 13.1.